The Morgan fingerprint density at radius 2 is 1.41 bits per heavy atom. The van der Waals surface area contributed by atoms with E-state index in [0.717, 1.165) is 18.8 Å². The first kappa shape index (κ1) is 22.6. The molecule has 4 rings (SSSR count). The van der Waals surface area contributed by atoms with Gasteiger partial charge < -0.3 is 4.90 Å². The Balaban J connectivity index is 2.06. The van der Waals surface area contributed by atoms with Gasteiger partial charge in [0, 0.05) is 42.2 Å². The molecular formula is C28H34N3P. The largest absolute Gasteiger partial charge is 0.347 e. The predicted molar refractivity (Wildman–Crippen MR) is 140 cm³/mol. The van der Waals surface area contributed by atoms with E-state index < -0.39 is 7.21 Å². The standard InChI is InChI=1S/C28H34N3P/c1-6-31(7-2)32(24-18-12-9-13-19-24,29-23-16-10-8-11-17-23)22-27-28(3,4)25-20-14-15-21-26(25)30(27)5/h8-22H,6-7H2,1-5H3/b27-22-. The number of likely N-dealkylation sites (N-methyl/N-ethyl adjacent to an activating group) is 1. The van der Waals surface area contributed by atoms with Gasteiger partial charge in [0.25, 0.3) is 0 Å². The molecule has 3 aromatic carbocycles. The van der Waals surface area contributed by atoms with Crippen molar-refractivity contribution in [1.29, 1.82) is 0 Å². The third-order valence-electron chi connectivity index (χ3n) is 6.56. The molecule has 0 aliphatic carbocycles. The number of anilines is 1. The van der Waals surface area contributed by atoms with Crippen LogP contribution in [0.4, 0.5) is 11.4 Å². The van der Waals surface area contributed by atoms with Gasteiger partial charge in [-0.25, -0.2) is 4.74 Å². The molecule has 1 unspecified atom stereocenters. The van der Waals surface area contributed by atoms with Crippen molar-refractivity contribution in [3.63, 3.8) is 0 Å². The Bertz CT molecular complexity index is 1150. The second-order valence-electron chi connectivity index (χ2n) is 8.77. The molecule has 0 saturated heterocycles. The van der Waals surface area contributed by atoms with Gasteiger partial charge in [0.1, 0.15) is 0 Å². The Hall–Kier alpha value is -2.61. The van der Waals surface area contributed by atoms with Crippen LogP contribution in [0.1, 0.15) is 33.3 Å². The molecule has 4 heteroatoms. The van der Waals surface area contributed by atoms with Crippen molar-refractivity contribution in [3.05, 3.63) is 102 Å². The van der Waals surface area contributed by atoms with Gasteiger partial charge in [-0.15, -0.1) is 0 Å². The van der Waals surface area contributed by atoms with E-state index in [1.807, 2.05) is 0 Å². The average Bonchev–Trinajstić information content (AvgIpc) is 3.01. The lowest BCUT2D eigenvalue weighted by atomic mass is 9.84. The lowest BCUT2D eigenvalue weighted by Gasteiger charge is -2.36. The van der Waals surface area contributed by atoms with Gasteiger partial charge in [-0.3, -0.25) is 4.67 Å². The van der Waals surface area contributed by atoms with E-state index in [1.165, 1.54) is 22.3 Å². The fourth-order valence-corrected chi connectivity index (χ4v) is 8.58. The number of fused-ring (bicyclic) bond motifs is 1. The minimum atomic E-state index is -2.22. The molecule has 0 amide bonds. The first-order valence-electron chi connectivity index (χ1n) is 11.5. The third kappa shape index (κ3) is 3.85. The van der Waals surface area contributed by atoms with Gasteiger partial charge in [-0.1, -0.05) is 94.4 Å². The van der Waals surface area contributed by atoms with Gasteiger partial charge >= 0.3 is 0 Å². The van der Waals surface area contributed by atoms with Crippen LogP contribution in [-0.4, -0.2) is 24.8 Å². The number of nitrogens with zero attached hydrogens (tertiary/aromatic N) is 3. The van der Waals surface area contributed by atoms with Crippen molar-refractivity contribution < 1.29 is 0 Å². The molecule has 1 heterocycles. The van der Waals surface area contributed by atoms with E-state index in [1.54, 1.807) is 0 Å². The summed E-state index contributed by atoms with van der Waals surface area (Å²) in [7, 11) is -0.0226. The summed E-state index contributed by atoms with van der Waals surface area (Å²) in [6.07, 6.45) is 0. The van der Waals surface area contributed by atoms with E-state index in [4.69, 9.17) is 4.74 Å². The van der Waals surface area contributed by atoms with E-state index in [9.17, 15) is 0 Å². The van der Waals surface area contributed by atoms with Crippen LogP contribution in [0, 0.1) is 0 Å². The summed E-state index contributed by atoms with van der Waals surface area (Å²) in [5, 5.41) is 1.29. The molecular weight excluding hydrogens is 409 g/mol. The van der Waals surface area contributed by atoms with Gasteiger partial charge in [0.05, 0.1) is 12.9 Å². The summed E-state index contributed by atoms with van der Waals surface area (Å²) in [5.74, 6) is 2.52. The summed E-state index contributed by atoms with van der Waals surface area (Å²) in [4.78, 5) is 2.37. The number of hydrogen-bond donors (Lipinski definition) is 0. The molecule has 0 spiro atoms. The second kappa shape index (κ2) is 9.10. The Labute approximate surface area is 193 Å². The lowest BCUT2D eigenvalue weighted by molar-refractivity contribution is 0.508. The fourth-order valence-electron chi connectivity index (χ4n) is 4.84. The van der Waals surface area contributed by atoms with E-state index in [0.29, 0.717) is 0 Å². The zero-order valence-electron chi connectivity index (χ0n) is 19.9. The van der Waals surface area contributed by atoms with Crippen molar-refractivity contribution in [2.24, 2.45) is 4.74 Å². The summed E-state index contributed by atoms with van der Waals surface area (Å²) in [5.41, 5.74) is 4.92. The van der Waals surface area contributed by atoms with Gasteiger partial charge in [-0.2, -0.15) is 0 Å². The van der Waals surface area contributed by atoms with Gasteiger partial charge in [-0.05, 0) is 29.6 Å². The highest BCUT2D eigenvalue weighted by molar-refractivity contribution is 7.74. The van der Waals surface area contributed by atoms with E-state index in [2.05, 4.69) is 135 Å². The van der Waals surface area contributed by atoms with E-state index >= 15 is 0 Å². The van der Waals surface area contributed by atoms with Crippen LogP contribution in [-0.2, 0) is 5.41 Å². The van der Waals surface area contributed by atoms with Crippen LogP contribution in [0.3, 0.4) is 0 Å². The molecule has 3 aromatic rings. The molecule has 32 heavy (non-hydrogen) atoms. The summed E-state index contributed by atoms with van der Waals surface area (Å²) in [6.45, 7) is 11.1. The van der Waals surface area contributed by atoms with Crippen LogP contribution in [0.5, 0.6) is 0 Å². The predicted octanol–water partition coefficient (Wildman–Crippen LogP) is 7.37. The fraction of sp³-hybridized carbons (Fsp3) is 0.286. The number of benzene rings is 3. The SMILES string of the molecule is CCN(CC)P(/C=C1\N(C)c2ccccc2C1(C)C)(=Nc1ccccc1)c1ccccc1. The van der Waals surface area contributed by atoms with Crippen molar-refractivity contribution in [3.8, 4) is 0 Å². The van der Waals surface area contributed by atoms with Crippen molar-refractivity contribution in [2.45, 2.75) is 33.1 Å². The normalized spacial score (nSPS) is 17.9. The highest BCUT2D eigenvalue weighted by Crippen LogP contribution is 2.59. The first-order valence-corrected chi connectivity index (χ1v) is 13.2. The molecule has 0 radical (unpaired) electrons. The molecule has 1 aliphatic heterocycles. The molecule has 1 atom stereocenters. The maximum absolute atomic E-state index is 5.56. The Morgan fingerprint density at radius 1 is 0.844 bits per heavy atom. The molecule has 3 nitrogen and oxygen atoms in total. The van der Waals surface area contributed by atoms with Gasteiger partial charge in [0.15, 0.2) is 0 Å². The quantitative estimate of drug-likeness (QED) is 0.370. The van der Waals surface area contributed by atoms with Crippen molar-refractivity contribution in [1.82, 2.24) is 4.67 Å². The Morgan fingerprint density at radius 3 is 2.00 bits per heavy atom. The molecule has 0 N–H and O–H groups in total. The molecule has 0 bridgehead atoms. The van der Waals surface area contributed by atoms with Crippen molar-refractivity contribution in [2.75, 3.05) is 25.0 Å². The monoisotopic (exact) mass is 443 g/mol. The smallest absolute Gasteiger partial charge is 0.0897 e. The third-order valence-corrected chi connectivity index (χ3v) is 10.2. The van der Waals surface area contributed by atoms with Gasteiger partial charge in [0.2, 0.25) is 0 Å². The topological polar surface area (TPSA) is 18.8 Å². The van der Waals surface area contributed by atoms with Crippen LogP contribution in [0.15, 0.2) is 101 Å². The lowest BCUT2D eigenvalue weighted by Crippen LogP contribution is -2.28. The molecule has 0 saturated carbocycles. The minimum absolute atomic E-state index is 0.0925. The highest BCUT2D eigenvalue weighted by Gasteiger charge is 2.40. The number of rotatable bonds is 6. The zero-order valence-corrected chi connectivity index (χ0v) is 20.8. The van der Waals surface area contributed by atoms with Crippen LogP contribution in [0.2, 0.25) is 0 Å². The maximum atomic E-state index is 5.56. The summed E-state index contributed by atoms with van der Waals surface area (Å²) < 4.78 is 8.13. The summed E-state index contributed by atoms with van der Waals surface area (Å²) >= 11 is 0. The molecule has 0 fully saturated rings. The van der Waals surface area contributed by atoms with E-state index in [-0.39, 0.29) is 5.41 Å². The summed E-state index contributed by atoms with van der Waals surface area (Å²) in [6, 6.07) is 30.1. The van der Waals surface area contributed by atoms with Crippen LogP contribution in [0.25, 0.3) is 0 Å². The first-order chi connectivity index (χ1) is 15.4. The molecule has 1 aliphatic rings. The van der Waals surface area contributed by atoms with Crippen LogP contribution >= 0.6 is 7.21 Å². The average molecular weight is 444 g/mol. The number of para-hydroxylation sites is 1. The number of allylic oxidation sites excluding steroid dienone is 1. The second-order valence-corrected chi connectivity index (χ2v) is 11.6. The maximum Gasteiger partial charge on any atom is 0.0897 e. The van der Waals surface area contributed by atoms with Crippen LogP contribution < -0.4 is 10.2 Å². The number of hydrogen-bond acceptors (Lipinski definition) is 2. The van der Waals surface area contributed by atoms with Crippen molar-refractivity contribution >= 4 is 23.9 Å². The Kier molecular flexibility index (Phi) is 6.42. The molecule has 0 aromatic heterocycles. The highest BCUT2D eigenvalue weighted by atomic mass is 31.2. The zero-order chi connectivity index (χ0) is 22.8. The molecule has 166 valence electrons. The minimum Gasteiger partial charge on any atom is -0.347 e.